The largest absolute Gasteiger partial charge is 0.322 e. The zero-order valence-electron chi connectivity index (χ0n) is 11.0. The van der Waals surface area contributed by atoms with Gasteiger partial charge >= 0.3 is 0 Å². The number of anilines is 1. The van der Waals surface area contributed by atoms with Crippen LogP contribution in [0, 0.1) is 0 Å². The number of thioether (sulfide) groups is 1. The highest BCUT2D eigenvalue weighted by Crippen LogP contribution is 2.43. The third-order valence-corrected chi connectivity index (χ3v) is 4.36. The Morgan fingerprint density at radius 1 is 1.48 bits per heavy atom. The molecule has 106 valence electrons. The molecule has 3 aliphatic heterocycles. The van der Waals surface area contributed by atoms with Crippen LogP contribution in [-0.4, -0.2) is 27.8 Å². The number of benzene rings is 1. The number of carbonyl (C=O) groups excluding carboxylic acids is 1. The first-order valence-corrected chi connectivity index (χ1v) is 7.23. The zero-order valence-corrected chi connectivity index (χ0v) is 11.8. The van der Waals surface area contributed by atoms with E-state index in [0.29, 0.717) is 16.9 Å². The van der Waals surface area contributed by atoms with E-state index < -0.39 is 5.66 Å². The Labute approximate surface area is 125 Å². The molecule has 3 aliphatic rings. The van der Waals surface area contributed by atoms with Gasteiger partial charge < -0.3 is 5.32 Å². The van der Waals surface area contributed by atoms with Crippen molar-refractivity contribution in [3.8, 4) is 0 Å². The van der Waals surface area contributed by atoms with Crippen molar-refractivity contribution < 1.29 is 4.79 Å². The van der Waals surface area contributed by atoms with Gasteiger partial charge in [0.2, 0.25) is 5.17 Å². The van der Waals surface area contributed by atoms with Crippen molar-refractivity contribution in [2.24, 2.45) is 10.1 Å². The number of hydrogen-bond donors (Lipinski definition) is 3. The standard InChI is InChI=1S/C13H12N6OS/c1-2-7-14-11-17-19-12(21-11)16-18-13(19)8-5-3-4-6-9(8)15-10(13)20/h2-6,18H,1,7H2,(H,14,17)(H,15,20). The van der Waals surface area contributed by atoms with Crippen LogP contribution in [0.2, 0.25) is 0 Å². The fourth-order valence-electron chi connectivity index (χ4n) is 2.57. The molecule has 7 nitrogen and oxygen atoms in total. The van der Waals surface area contributed by atoms with E-state index in [2.05, 4.69) is 32.8 Å². The van der Waals surface area contributed by atoms with Crippen molar-refractivity contribution in [3.05, 3.63) is 42.5 Å². The summed E-state index contributed by atoms with van der Waals surface area (Å²) in [7, 11) is 0. The van der Waals surface area contributed by atoms with E-state index in [0.717, 1.165) is 11.3 Å². The van der Waals surface area contributed by atoms with Gasteiger partial charge in [-0.25, -0.2) is 5.01 Å². The monoisotopic (exact) mass is 300 g/mol. The quantitative estimate of drug-likeness (QED) is 0.703. The molecule has 0 radical (unpaired) electrons. The van der Waals surface area contributed by atoms with Crippen LogP contribution in [0.3, 0.4) is 0 Å². The summed E-state index contributed by atoms with van der Waals surface area (Å²) in [5, 5.41) is 10.2. The fourth-order valence-corrected chi connectivity index (χ4v) is 3.38. The molecule has 1 aromatic rings. The van der Waals surface area contributed by atoms with E-state index in [-0.39, 0.29) is 5.91 Å². The van der Waals surface area contributed by atoms with Gasteiger partial charge in [-0.1, -0.05) is 24.3 Å². The molecule has 3 heterocycles. The number of carbonyl (C=O) groups is 1. The lowest BCUT2D eigenvalue weighted by Gasteiger charge is -2.30. The zero-order chi connectivity index (χ0) is 14.4. The molecule has 0 bridgehead atoms. The summed E-state index contributed by atoms with van der Waals surface area (Å²) in [5.74, 6) is -0.166. The van der Waals surface area contributed by atoms with Gasteiger partial charge in [0, 0.05) is 11.3 Å². The Balaban J connectivity index is 1.75. The predicted molar refractivity (Wildman–Crippen MR) is 82.4 cm³/mol. The van der Waals surface area contributed by atoms with Gasteiger partial charge in [-0.15, -0.1) is 11.7 Å². The van der Waals surface area contributed by atoms with Crippen LogP contribution in [0.15, 0.2) is 47.0 Å². The number of nitrogens with zero attached hydrogens (tertiary/aromatic N) is 3. The number of para-hydroxylation sites is 1. The molecule has 1 unspecified atom stereocenters. The molecule has 0 aliphatic carbocycles. The number of nitrogens with one attached hydrogen (secondary N) is 3. The molecule has 1 spiro atoms. The van der Waals surface area contributed by atoms with Gasteiger partial charge in [0.05, 0.1) is 6.54 Å². The highest BCUT2D eigenvalue weighted by Gasteiger charge is 2.58. The second-order valence-corrected chi connectivity index (χ2v) is 5.66. The third kappa shape index (κ3) is 1.53. The number of amidine groups is 2. The first-order chi connectivity index (χ1) is 10.3. The van der Waals surface area contributed by atoms with Gasteiger partial charge in [0.15, 0.2) is 5.17 Å². The van der Waals surface area contributed by atoms with Crippen molar-refractivity contribution >= 4 is 33.7 Å². The van der Waals surface area contributed by atoms with Gasteiger partial charge in [-0.3, -0.25) is 20.6 Å². The molecule has 8 heteroatoms. The number of fused-ring (bicyclic) bond motifs is 4. The highest BCUT2D eigenvalue weighted by molar-refractivity contribution is 8.26. The van der Waals surface area contributed by atoms with E-state index in [9.17, 15) is 4.79 Å². The smallest absolute Gasteiger partial charge is 0.279 e. The number of amides is 1. The second-order valence-electron chi connectivity index (χ2n) is 4.70. The lowest BCUT2D eigenvalue weighted by Crippen LogP contribution is -2.58. The predicted octanol–water partition coefficient (Wildman–Crippen LogP) is 0.761. The topological polar surface area (TPSA) is 81.1 Å². The van der Waals surface area contributed by atoms with Crippen molar-refractivity contribution in [1.82, 2.24) is 15.9 Å². The van der Waals surface area contributed by atoms with Crippen molar-refractivity contribution in [2.45, 2.75) is 5.66 Å². The van der Waals surface area contributed by atoms with Gasteiger partial charge in [-0.05, 0) is 17.8 Å². The molecule has 0 aromatic heterocycles. The Morgan fingerprint density at radius 2 is 2.33 bits per heavy atom. The van der Waals surface area contributed by atoms with E-state index in [4.69, 9.17) is 0 Å². The third-order valence-electron chi connectivity index (χ3n) is 3.49. The summed E-state index contributed by atoms with van der Waals surface area (Å²) >= 11 is 1.38. The maximum absolute atomic E-state index is 12.5. The summed E-state index contributed by atoms with van der Waals surface area (Å²) in [5.41, 5.74) is 6.67. The molecule has 0 saturated carbocycles. The Hall–Kier alpha value is -2.48. The maximum Gasteiger partial charge on any atom is 0.279 e. The summed E-state index contributed by atoms with van der Waals surface area (Å²) in [4.78, 5) is 16.9. The minimum atomic E-state index is -1.05. The normalized spacial score (nSPS) is 27.0. The Morgan fingerprint density at radius 3 is 3.19 bits per heavy atom. The first-order valence-electron chi connectivity index (χ1n) is 6.41. The first kappa shape index (κ1) is 12.3. The van der Waals surface area contributed by atoms with Gasteiger partial charge in [0.25, 0.3) is 11.6 Å². The van der Waals surface area contributed by atoms with Crippen LogP contribution in [0.5, 0.6) is 0 Å². The van der Waals surface area contributed by atoms with Crippen LogP contribution < -0.4 is 16.2 Å². The van der Waals surface area contributed by atoms with E-state index >= 15 is 0 Å². The number of hydrogen-bond acceptors (Lipinski definition) is 6. The summed E-state index contributed by atoms with van der Waals surface area (Å²) in [6.07, 6.45) is 1.71. The number of hydrazine groups is 1. The lowest BCUT2D eigenvalue weighted by atomic mass is 10.0. The molecule has 3 N–H and O–H groups in total. The van der Waals surface area contributed by atoms with Crippen molar-refractivity contribution in [1.29, 1.82) is 0 Å². The SMILES string of the molecule is C=CCN=C1NN2C(=NNC23C(=O)Nc2ccccc23)S1. The second kappa shape index (κ2) is 4.26. The van der Waals surface area contributed by atoms with Crippen molar-refractivity contribution in [2.75, 3.05) is 11.9 Å². The Kier molecular flexibility index (Phi) is 2.49. The molecular formula is C13H12N6OS. The Bertz CT molecular complexity index is 714. The molecule has 4 rings (SSSR count). The molecule has 1 saturated heterocycles. The minimum Gasteiger partial charge on any atom is -0.322 e. The maximum atomic E-state index is 12.5. The molecular weight excluding hydrogens is 288 g/mol. The van der Waals surface area contributed by atoms with Crippen LogP contribution in [-0.2, 0) is 10.5 Å². The van der Waals surface area contributed by atoms with Crippen molar-refractivity contribution in [3.63, 3.8) is 0 Å². The average molecular weight is 300 g/mol. The van der Waals surface area contributed by atoms with E-state index in [1.807, 2.05) is 24.3 Å². The number of hydrazone groups is 1. The summed E-state index contributed by atoms with van der Waals surface area (Å²) in [6.45, 7) is 4.16. The summed E-state index contributed by atoms with van der Waals surface area (Å²) in [6, 6.07) is 7.57. The lowest BCUT2D eigenvalue weighted by molar-refractivity contribution is -0.127. The highest BCUT2D eigenvalue weighted by atomic mass is 32.2. The van der Waals surface area contributed by atoms with Gasteiger partial charge in [0.1, 0.15) is 0 Å². The van der Waals surface area contributed by atoms with Gasteiger partial charge in [-0.2, -0.15) is 0 Å². The van der Waals surface area contributed by atoms with Crippen LogP contribution in [0.4, 0.5) is 5.69 Å². The molecule has 1 amide bonds. The summed E-state index contributed by atoms with van der Waals surface area (Å²) < 4.78 is 0. The van der Waals surface area contributed by atoms with E-state index in [1.54, 1.807) is 11.1 Å². The van der Waals surface area contributed by atoms with Crippen LogP contribution in [0.25, 0.3) is 0 Å². The fraction of sp³-hybridized carbons (Fsp3) is 0.154. The number of rotatable bonds is 2. The number of aliphatic imine (C=N–C) groups is 1. The van der Waals surface area contributed by atoms with Crippen LogP contribution in [0.1, 0.15) is 5.56 Å². The molecule has 1 atom stereocenters. The minimum absolute atomic E-state index is 0.166. The molecule has 21 heavy (non-hydrogen) atoms. The molecule has 1 fully saturated rings. The average Bonchev–Trinajstić information content (AvgIpc) is 3.12. The molecule has 1 aromatic carbocycles. The van der Waals surface area contributed by atoms with E-state index in [1.165, 1.54) is 11.8 Å². The van der Waals surface area contributed by atoms with Crippen LogP contribution >= 0.6 is 11.8 Å².